The maximum absolute atomic E-state index is 13.3. The smallest absolute Gasteiger partial charge is 0.150 e. The first kappa shape index (κ1) is 15.7. The third-order valence-corrected chi connectivity index (χ3v) is 5.53. The molecule has 1 aromatic carbocycles. The topological polar surface area (TPSA) is 66.4 Å². The molecule has 1 aliphatic carbocycles. The fourth-order valence-corrected chi connectivity index (χ4v) is 3.48. The van der Waals surface area contributed by atoms with Crippen LogP contribution in [-0.2, 0) is 9.84 Å². The highest BCUT2D eigenvalue weighted by atomic mass is 35.5. The Morgan fingerprint density at radius 1 is 1.50 bits per heavy atom. The molecule has 1 saturated carbocycles. The standard InChI is InChI=1S/C13H17ClFNO3S/c1-20(18,19)10-5-9(6-10)16-7-13(17)8-2-3-11(14)12(15)4-8/h2-4,9-10,13,16-17H,5-7H2,1H3. The Balaban J connectivity index is 1.82. The first-order valence-corrected chi connectivity index (χ1v) is 8.66. The van der Waals surface area contributed by atoms with Crippen LogP contribution in [0.4, 0.5) is 4.39 Å². The SMILES string of the molecule is CS(=O)(=O)C1CC(NCC(O)c2ccc(Cl)c(F)c2)C1. The van der Waals surface area contributed by atoms with E-state index in [1.807, 2.05) is 0 Å². The van der Waals surface area contributed by atoms with E-state index in [9.17, 15) is 17.9 Å². The second-order valence-electron chi connectivity index (χ2n) is 5.22. The quantitative estimate of drug-likeness (QED) is 0.866. The lowest BCUT2D eigenvalue weighted by atomic mass is 9.92. The van der Waals surface area contributed by atoms with Crippen molar-refractivity contribution >= 4 is 21.4 Å². The van der Waals surface area contributed by atoms with Crippen LogP contribution in [-0.4, -0.2) is 37.6 Å². The largest absolute Gasteiger partial charge is 0.387 e. The summed E-state index contributed by atoms with van der Waals surface area (Å²) >= 11 is 5.57. The first-order valence-electron chi connectivity index (χ1n) is 6.32. The van der Waals surface area contributed by atoms with Crippen LogP contribution in [0.1, 0.15) is 24.5 Å². The number of aliphatic hydroxyl groups excluding tert-OH is 1. The summed E-state index contributed by atoms with van der Waals surface area (Å²) in [6.45, 7) is 0.252. The molecule has 112 valence electrons. The van der Waals surface area contributed by atoms with Gasteiger partial charge in [-0.3, -0.25) is 0 Å². The molecule has 7 heteroatoms. The first-order chi connectivity index (χ1) is 9.27. The van der Waals surface area contributed by atoms with Gasteiger partial charge in [-0.05, 0) is 30.5 Å². The Hall–Kier alpha value is -0.690. The van der Waals surface area contributed by atoms with Crippen LogP contribution in [0.25, 0.3) is 0 Å². The molecule has 0 spiro atoms. The van der Waals surface area contributed by atoms with Gasteiger partial charge in [0, 0.05) is 18.8 Å². The van der Waals surface area contributed by atoms with Crippen molar-refractivity contribution in [2.45, 2.75) is 30.2 Å². The molecule has 0 radical (unpaired) electrons. The number of aliphatic hydroxyl groups is 1. The number of rotatable bonds is 5. The molecule has 2 N–H and O–H groups in total. The molecule has 1 unspecified atom stereocenters. The minimum Gasteiger partial charge on any atom is -0.387 e. The lowest BCUT2D eigenvalue weighted by Gasteiger charge is -2.35. The summed E-state index contributed by atoms with van der Waals surface area (Å²) in [6.07, 6.45) is 1.50. The van der Waals surface area contributed by atoms with Crippen molar-refractivity contribution in [3.8, 4) is 0 Å². The highest BCUT2D eigenvalue weighted by molar-refractivity contribution is 7.91. The summed E-state index contributed by atoms with van der Waals surface area (Å²) in [6, 6.07) is 4.26. The van der Waals surface area contributed by atoms with Gasteiger partial charge in [0.25, 0.3) is 0 Å². The van der Waals surface area contributed by atoms with Crippen molar-refractivity contribution in [1.82, 2.24) is 5.32 Å². The van der Waals surface area contributed by atoms with E-state index in [-0.39, 0.29) is 22.9 Å². The van der Waals surface area contributed by atoms with E-state index in [4.69, 9.17) is 11.6 Å². The number of hydrogen-bond donors (Lipinski definition) is 2. The molecule has 1 aromatic rings. The highest BCUT2D eigenvalue weighted by Crippen LogP contribution is 2.27. The van der Waals surface area contributed by atoms with E-state index in [0.29, 0.717) is 18.4 Å². The third-order valence-electron chi connectivity index (χ3n) is 3.63. The molecule has 4 nitrogen and oxygen atoms in total. The molecular weight excluding hydrogens is 305 g/mol. The molecule has 0 aliphatic heterocycles. The average Bonchev–Trinajstić information content (AvgIpc) is 2.28. The van der Waals surface area contributed by atoms with E-state index >= 15 is 0 Å². The number of benzene rings is 1. The number of sulfone groups is 1. The van der Waals surface area contributed by atoms with Crippen LogP contribution in [0.2, 0.25) is 5.02 Å². The van der Waals surface area contributed by atoms with Gasteiger partial charge < -0.3 is 10.4 Å². The van der Waals surface area contributed by atoms with Gasteiger partial charge in [-0.1, -0.05) is 17.7 Å². The summed E-state index contributed by atoms with van der Waals surface area (Å²) in [5, 5.41) is 12.8. The van der Waals surface area contributed by atoms with Crippen molar-refractivity contribution in [2.75, 3.05) is 12.8 Å². The predicted octanol–water partition coefficient (Wildman–Crippen LogP) is 1.68. The van der Waals surface area contributed by atoms with Crippen LogP contribution in [0.5, 0.6) is 0 Å². The Kier molecular flexibility index (Phi) is 4.69. The number of nitrogens with one attached hydrogen (secondary N) is 1. The fraction of sp³-hybridized carbons (Fsp3) is 0.538. The molecule has 1 aliphatic rings. The molecule has 0 aromatic heterocycles. The van der Waals surface area contributed by atoms with Crippen LogP contribution < -0.4 is 5.32 Å². The van der Waals surface area contributed by atoms with Gasteiger partial charge in [0.05, 0.1) is 16.4 Å². The van der Waals surface area contributed by atoms with Crippen LogP contribution in [0.3, 0.4) is 0 Å². The maximum atomic E-state index is 13.3. The van der Waals surface area contributed by atoms with Crippen molar-refractivity contribution < 1.29 is 17.9 Å². The average molecular weight is 322 g/mol. The third kappa shape index (κ3) is 3.69. The van der Waals surface area contributed by atoms with Gasteiger partial charge in [-0.2, -0.15) is 0 Å². The molecule has 20 heavy (non-hydrogen) atoms. The van der Waals surface area contributed by atoms with Gasteiger partial charge in [-0.25, -0.2) is 12.8 Å². The summed E-state index contributed by atoms with van der Waals surface area (Å²) in [7, 11) is -2.97. The molecule has 0 amide bonds. The lowest BCUT2D eigenvalue weighted by Crippen LogP contribution is -2.48. The van der Waals surface area contributed by atoms with Crippen molar-refractivity contribution in [3.05, 3.63) is 34.6 Å². The summed E-state index contributed by atoms with van der Waals surface area (Å²) in [5.74, 6) is -0.566. The van der Waals surface area contributed by atoms with E-state index in [1.54, 1.807) is 6.07 Å². The maximum Gasteiger partial charge on any atom is 0.150 e. The predicted molar refractivity (Wildman–Crippen MR) is 76.0 cm³/mol. The van der Waals surface area contributed by atoms with Gasteiger partial charge in [0.2, 0.25) is 0 Å². The van der Waals surface area contributed by atoms with E-state index in [1.165, 1.54) is 18.4 Å². The number of hydrogen-bond acceptors (Lipinski definition) is 4. The van der Waals surface area contributed by atoms with Gasteiger partial charge in [0.1, 0.15) is 15.7 Å². The van der Waals surface area contributed by atoms with Gasteiger partial charge in [-0.15, -0.1) is 0 Å². The molecule has 0 bridgehead atoms. The summed E-state index contributed by atoms with van der Waals surface area (Å²) in [4.78, 5) is 0. The van der Waals surface area contributed by atoms with Crippen LogP contribution in [0.15, 0.2) is 18.2 Å². The van der Waals surface area contributed by atoms with Crippen LogP contribution >= 0.6 is 11.6 Å². The van der Waals surface area contributed by atoms with Gasteiger partial charge >= 0.3 is 0 Å². The van der Waals surface area contributed by atoms with Crippen molar-refractivity contribution in [1.29, 1.82) is 0 Å². The second kappa shape index (κ2) is 5.97. The van der Waals surface area contributed by atoms with E-state index < -0.39 is 21.8 Å². The van der Waals surface area contributed by atoms with Crippen molar-refractivity contribution in [2.24, 2.45) is 0 Å². The zero-order chi connectivity index (χ0) is 14.9. The van der Waals surface area contributed by atoms with Gasteiger partial charge in [0.15, 0.2) is 0 Å². The minimum atomic E-state index is -2.97. The van der Waals surface area contributed by atoms with E-state index in [2.05, 4.69) is 5.32 Å². The fourth-order valence-electron chi connectivity index (χ4n) is 2.20. The number of halogens is 2. The lowest BCUT2D eigenvalue weighted by molar-refractivity contribution is 0.161. The molecule has 1 atom stereocenters. The summed E-state index contributed by atoms with van der Waals surface area (Å²) < 4.78 is 35.8. The molecule has 2 rings (SSSR count). The zero-order valence-electron chi connectivity index (χ0n) is 11.0. The molecule has 1 fully saturated rings. The molecular formula is C13H17ClFNO3S. The second-order valence-corrected chi connectivity index (χ2v) is 7.95. The molecule has 0 heterocycles. The molecule has 0 saturated heterocycles. The Morgan fingerprint density at radius 3 is 2.70 bits per heavy atom. The van der Waals surface area contributed by atoms with Crippen molar-refractivity contribution in [3.63, 3.8) is 0 Å². The Morgan fingerprint density at radius 2 is 2.15 bits per heavy atom. The zero-order valence-corrected chi connectivity index (χ0v) is 12.6. The Labute approximate surface area is 122 Å². The normalized spacial score (nSPS) is 24.2. The van der Waals surface area contributed by atoms with Crippen LogP contribution in [0, 0.1) is 5.82 Å². The minimum absolute atomic E-state index is 0.0175. The Bertz CT molecular complexity index is 587. The highest BCUT2D eigenvalue weighted by Gasteiger charge is 2.35. The monoisotopic (exact) mass is 321 g/mol. The van der Waals surface area contributed by atoms with E-state index in [0.717, 1.165) is 0 Å². The summed E-state index contributed by atoms with van der Waals surface area (Å²) in [5.41, 5.74) is 0.443.